The van der Waals surface area contributed by atoms with Crippen molar-refractivity contribution in [3.63, 3.8) is 0 Å². The van der Waals surface area contributed by atoms with Crippen molar-refractivity contribution in [3.05, 3.63) is 93.9 Å². The van der Waals surface area contributed by atoms with Crippen LogP contribution in [0.1, 0.15) is 21.5 Å². The summed E-state index contributed by atoms with van der Waals surface area (Å²) in [6.07, 6.45) is 1.72. The molecule has 0 fully saturated rings. The summed E-state index contributed by atoms with van der Waals surface area (Å²) in [7, 11) is 1.29. The van der Waals surface area contributed by atoms with Crippen molar-refractivity contribution in [2.45, 2.75) is 13.5 Å². The third-order valence-corrected chi connectivity index (χ3v) is 4.11. The Hall–Kier alpha value is -3.14. The Morgan fingerprint density at radius 2 is 1.68 bits per heavy atom. The lowest BCUT2D eigenvalue weighted by Crippen LogP contribution is -2.28. The van der Waals surface area contributed by atoms with Crippen LogP contribution in [-0.2, 0) is 11.3 Å². The topological polar surface area (TPSA) is 48.3 Å². The van der Waals surface area contributed by atoms with Gasteiger partial charge in [0.1, 0.15) is 5.56 Å². The Labute approximate surface area is 146 Å². The summed E-state index contributed by atoms with van der Waals surface area (Å²) < 4.78 is 6.38. The number of pyridine rings is 1. The van der Waals surface area contributed by atoms with E-state index in [1.807, 2.05) is 61.5 Å². The van der Waals surface area contributed by atoms with E-state index in [4.69, 9.17) is 4.74 Å². The van der Waals surface area contributed by atoms with E-state index in [2.05, 4.69) is 0 Å². The van der Waals surface area contributed by atoms with Crippen LogP contribution in [0.15, 0.2) is 71.7 Å². The third kappa shape index (κ3) is 3.53. The normalized spacial score (nSPS) is 10.5. The predicted octanol–water partition coefficient (Wildman–Crippen LogP) is 3.66. The maximum atomic E-state index is 12.9. The molecule has 0 aliphatic rings. The summed E-state index contributed by atoms with van der Waals surface area (Å²) >= 11 is 0. The van der Waals surface area contributed by atoms with Crippen LogP contribution in [0.3, 0.4) is 0 Å². The summed E-state index contributed by atoms with van der Waals surface area (Å²) in [5.74, 6) is -0.622. The number of methoxy groups -OCH3 is 1. The molecule has 0 spiro atoms. The molecule has 0 aliphatic heterocycles. The number of esters is 1. The molecule has 0 atom stereocenters. The highest BCUT2D eigenvalue weighted by molar-refractivity contribution is 5.96. The third-order valence-electron chi connectivity index (χ3n) is 4.11. The van der Waals surface area contributed by atoms with E-state index < -0.39 is 5.97 Å². The fourth-order valence-corrected chi connectivity index (χ4v) is 2.75. The van der Waals surface area contributed by atoms with E-state index in [1.54, 1.807) is 12.3 Å². The molecule has 0 amide bonds. The molecule has 3 aromatic rings. The molecule has 1 aromatic heterocycles. The number of nitrogens with zero attached hydrogens (tertiary/aromatic N) is 1. The van der Waals surface area contributed by atoms with Crippen molar-refractivity contribution in [2.24, 2.45) is 0 Å². The van der Waals surface area contributed by atoms with Crippen molar-refractivity contribution in [1.29, 1.82) is 0 Å². The maximum Gasteiger partial charge on any atom is 0.344 e. The Kier molecular flexibility index (Phi) is 4.80. The quantitative estimate of drug-likeness (QED) is 0.685. The lowest BCUT2D eigenvalue weighted by Gasteiger charge is -2.12. The molecule has 1 heterocycles. The second-order valence-electron chi connectivity index (χ2n) is 5.88. The highest BCUT2D eigenvalue weighted by Crippen LogP contribution is 2.22. The zero-order valence-electron chi connectivity index (χ0n) is 14.2. The first-order valence-electron chi connectivity index (χ1n) is 8.03. The van der Waals surface area contributed by atoms with E-state index in [-0.39, 0.29) is 11.1 Å². The highest BCUT2D eigenvalue weighted by Gasteiger charge is 2.19. The van der Waals surface area contributed by atoms with E-state index in [1.165, 1.54) is 11.7 Å². The molecule has 0 radical (unpaired) electrons. The summed E-state index contributed by atoms with van der Waals surface area (Å²) in [4.78, 5) is 25.2. The molecule has 0 saturated carbocycles. The summed E-state index contributed by atoms with van der Waals surface area (Å²) in [6.45, 7) is 2.39. The van der Waals surface area contributed by atoms with Crippen LogP contribution in [0.2, 0.25) is 0 Å². The first-order valence-corrected chi connectivity index (χ1v) is 8.03. The summed E-state index contributed by atoms with van der Waals surface area (Å²) in [6, 6.07) is 19.1. The Bertz CT molecular complexity index is 941. The van der Waals surface area contributed by atoms with Crippen molar-refractivity contribution >= 4 is 5.97 Å². The monoisotopic (exact) mass is 333 g/mol. The summed E-state index contributed by atoms with van der Waals surface area (Å²) in [5, 5.41) is 0. The van der Waals surface area contributed by atoms with E-state index in [0.717, 1.165) is 16.7 Å². The Morgan fingerprint density at radius 1 is 1.00 bits per heavy atom. The average molecular weight is 333 g/mol. The fraction of sp³-hybridized carbons (Fsp3) is 0.143. The van der Waals surface area contributed by atoms with Crippen LogP contribution in [0.25, 0.3) is 11.1 Å². The molecule has 126 valence electrons. The first kappa shape index (κ1) is 16.7. The zero-order chi connectivity index (χ0) is 17.8. The molecule has 0 N–H and O–H groups in total. The largest absolute Gasteiger partial charge is 0.465 e. The van der Waals surface area contributed by atoms with E-state index in [9.17, 15) is 9.59 Å². The van der Waals surface area contributed by atoms with Crippen molar-refractivity contribution in [1.82, 2.24) is 4.57 Å². The van der Waals surface area contributed by atoms with Gasteiger partial charge in [-0.25, -0.2) is 4.79 Å². The second kappa shape index (κ2) is 7.18. The predicted molar refractivity (Wildman–Crippen MR) is 97.8 cm³/mol. The van der Waals surface area contributed by atoms with Gasteiger partial charge in [-0.1, -0.05) is 60.2 Å². The number of carbonyl (C=O) groups is 1. The Morgan fingerprint density at radius 3 is 2.32 bits per heavy atom. The van der Waals surface area contributed by atoms with Gasteiger partial charge in [0.25, 0.3) is 5.56 Å². The van der Waals surface area contributed by atoms with E-state index >= 15 is 0 Å². The van der Waals surface area contributed by atoms with Gasteiger partial charge in [0, 0.05) is 11.8 Å². The molecule has 0 unspecified atom stereocenters. The van der Waals surface area contributed by atoms with Crippen molar-refractivity contribution in [3.8, 4) is 11.1 Å². The lowest BCUT2D eigenvalue weighted by molar-refractivity contribution is 0.0599. The van der Waals surface area contributed by atoms with Crippen molar-refractivity contribution < 1.29 is 9.53 Å². The zero-order valence-corrected chi connectivity index (χ0v) is 14.2. The molecule has 3 rings (SSSR count). The second-order valence-corrected chi connectivity index (χ2v) is 5.88. The smallest absolute Gasteiger partial charge is 0.344 e. The molecule has 4 nitrogen and oxygen atoms in total. The van der Waals surface area contributed by atoms with Crippen LogP contribution in [-0.4, -0.2) is 17.6 Å². The van der Waals surface area contributed by atoms with Crippen LogP contribution < -0.4 is 5.56 Å². The minimum absolute atomic E-state index is 0.0600. The SMILES string of the molecule is COC(=O)c1c(-c2ccc(C)cc2)ccn(Cc2ccccc2)c1=O. The molecule has 4 heteroatoms. The van der Waals surface area contributed by atoms with Gasteiger partial charge in [-0.3, -0.25) is 4.79 Å². The minimum Gasteiger partial charge on any atom is -0.465 e. The number of hydrogen-bond donors (Lipinski definition) is 0. The maximum absolute atomic E-state index is 12.9. The first-order chi connectivity index (χ1) is 12.1. The van der Waals surface area contributed by atoms with Gasteiger partial charge in [0.2, 0.25) is 0 Å². The number of aromatic nitrogens is 1. The van der Waals surface area contributed by atoms with Crippen LogP contribution in [0, 0.1) is 6.92 Å². The molecule has 0 saturated heterocycles. The number of aryl methyl sites for hydroxylation is 1. The fourth-order valence-electron chi connectivity index (χ4n) is 2.75. The molecule has 2 aromatic carbocycles. The molecule has 0 aliphatic carbocycles. The van der Waals surface area contributed by atoms with Gasteiger partial charge in [0.15, 0.2) is 0 Å². The number of rotatable bonds is 4. The number of ether oxygens (including phenoxy) is 1. The highest BCUT2D eigenvalue weighted by atomic mass is 16.5. The summed E-state index contributed by atoms with van der Waals surface area (Å²) in [5.41, 5.74) is 3.21. The van der Waals surface area contributed by atoms with Gasteiger partial charge in [0.05, 0.1) is 13.7 Å². The van der Waals surface area contributed by atoms with E-state index in [0.29, 0.717) is 12.1 Å². The van der Waals surface area contributed by atoms with Crippen LogP contribution >= 0.6 is 0 Å². The number of hydrogen-bond acceptors (Lipinski definition) is 3. The molecular formula is C21H19NO3. The number of benzene rings is 2. The standard InChI is InChI=1S/C21H19NO3/c1-15-8-10-17(11-9-15)18-12-13-22(14-16-6-4-3-5-7-16)20(23)19(18)21(24)25-2/h3-13H,14H2,1-2H3. The molecule has 25 heavy (non-hydrogen) atoms. The van der Waals surface area contributed by atoms with Gasteiger partial charge in [-0.05, 0) is 24.1 Å². The van der Waals surface area contributed by atoms with Crippen LogP contribution in [0.4, 0.5) is 0 Å². The lowest BCUT2D eigenvalue weighted by atomic mass is 10.00. The van der Waals surface area contributed by atoms with Crippen LogP contribution in [0.5, 0.6) is 0 Å². The van der Waals surface area contributed by atoms with Crippen molar-refractivity contribution in [2.75, 3.05) is 7.11 Å². The molecule has 0 bridgehead atoms. The van der Waals surface area contributed by atoms with Gasteiger partial charge >= 0.3 is 5.97 Å². The average Bonchev–Trinajstić information content (AvgIpc) is 2.64. The van der Waals surface area contributed by atoms with Gasteiger partial charge < -0.3 is 9.30 Å². The Balaban J connectivity index is 2.11. The minimum atomic E-state index is -0.622. The number of carbonyl (C=O) groups excluding carboxylic acids is 1. The molecular weight excluding hydrogens is 314 g/mol. The van der Waals surface area contributed by atoms with Gasteiger partial charge in [-0.2, -0.15) is 0 Å². The van der Waals surface area contributed by atoms with Gasteiger partial charge in [-0.15, -0.1) is 0 Å².